The van der Waals surface area contributed by atoms with Gasteiger partial charge in [0.2, 0.25) is 0 Å². The Labute approximate surface area is 142 Å². The van der Waals surface area contributed by atoms with Crippen molar-refractivity contribution in [1.82, 2.24) is 0 Å². The van der Waals surface area contributed by atoms with Crippen molar-refractivity contribution in [2.24, 2.45) is 5.92 Å². The Morgan fingerprint density at radius 2 is 1.67 bits per heavy atom. The molecule has 2 atom stereocenters. The van der Waals surface area contributed by atoms with Gasteiger partial charge in [0.05, 0.1) is 5.92 Å². The lowest BCUT2D eigenvalue weighted by atomic mass is 9.81. The summed E-state index contributed by atoms with van der Waals surface area (Å²) in [6.45, 7) is 8.83. The van der Waals surface area contributed by atoms with Crippen molar-refractivity contribution in [3.63, 3.8) is 0 Å². The highest BCUT2D eigenvalue weighted by molar-refractivity contribution is 6.25. The number of rotatable bonds is 7. The van der Waals surface area contributed by atoms with Gasteiger partial charge in [0.1, 0.15) is 11.3 Å². The summed E-state index contributed by atoms with van der Waals surface area (Å²) in [5.41, 5.74) is -0.977. The molecule has 0 saturated carbocycles. The van der Waals surface area contributed by atoms with Crippen molar-refractivity contribution in [2.45, 2.75) is 59.5 Å². The Hall–Kier alpha value is -2.01. The summed E-state index contributed by atoms with van der Waals surface area (Å²) in [7, 11) is 0. The van der Waals surface area contributed by atoms with Crippen LogP contribution in [0.5, 0.6) is 0 Å². The van der Waals surface area contributed by atoms with Crippen LogP contribution in [0.2, 0.25) is 0 Å². The number of hydrogen-bond donors (Lipinski definition) is 2. The minimum atomic E-state index is -2.34. The van der Waals surface area contributed by atoms with Crippen LogP contribution in [0.4, 0.5) is 0 Å². The van der Waals surface area contributed by atoms with Gasteiger partial charge in [-0.15, -0.1) is 0 Å². The second-order valence-corrected chi connectivity index (χ2v) is 6.61. The SMILES string of the molecule is CCC(=O)C1=C(O)C(O)(C(=O)CC=C(C)C)[C@H](CC=C(C)C)C1=O. The first-order chi connectivity index (χ1) is 11.1. The predicted octanol–water partition coefficient (Wildman–Crippen LogP) is 2.99. The average molecular weight is 334 g/mol. The molecule has 0 saturated heterocycles. The number of Topliss-reactive ketones (excluding diaryl/α,β-unsaturated/α-hetero) is 3. The van der Waals surface area contributed by atoms with E-state index < -0.39 is 40.2 Å². The van der Waals surface area contributed by atoms with E-state index >= 15 is 0 Å². The molecule has 0 fully saturated rings. The van der Waals surface area contributed by atoms with E-state index in [4.69, 9.17) is 0 Å². The van der Waals surface area contributed by atoms with Crippen molar-refractivity contribution in [2.75, 3.05) is 0 Å². The van der Waals surface area contributed by atoms with Crippen LogP contribution in [0.15, 0.2) is 34.6 Å². The highest BCUT2D eigenvalue weighted by Crippen LogP contribution is 2.41. The van der Waals surface area contributed by atoms with E-state index in [1.54, 1.807) is 32.9 Å². The number of carbonyl (C=O) groups excluding carboxylic acids is 3. The largest absolute Gasteiger partial charge is 0.508 e. The van der Waals surface area contributed by atoms with Crippen molar-refractivity contribution in [1.29, 1.82) is 0 Å². The molecule has 0 bridgehead atoms. The van der Waals surface area contributed by atoms with E-state index in [1.807, 2.05) is 13.8 Å². The molecule has 2 N–H and O–H groups in total. The van der Waals surface area contributed by atoms with Crippen LogP contribution in [0, 0.1) is 5.92 Å². The molecule has 1 aliphatic carbocycles. The molecule has 0 heterocycles. The third kappa shape index (κ3) is 3.73. The van der Waals surface area contributed by atoms with Crippen molar-refractivity contribution in [3.05, 3.63) is 34.6 Å². The Morgan fingerprint density at radius 3 is 2.12 bits per heavy atom. The first-order valence-corrected chi connectivity index (χ1v) is 8.10. The third-order valence-electron chi connectivity index (χ3n) is 4.15. The number of aliphatic hydroxyl groups excluding tert-OH is 1. The van der Waals surface area contributed by atoms with Crippen molar-refractivity contribution < 1.29 is 24.6 Å². The minimum Gasteiger partial charge on any atom is -0.508 e. The quantitative estimate of drug-likeness (QED) is 0.551. The maximum Gasteiger partial charge on any atom is 0.191 e. The Morgan fingerprint density at radius 1 is 1.12 bits per heavy atom. The van der Waals surface area contributed by atoms with Gasteiger partial charge >= 0.3 is 0 Å². The number of aliphatic hydroxyl groups is 2. The number of carbonyl (C=O) groups is 3. The Bertz CT molecular complexity index is 643. The van der Waals surface area contributed by atoms with Crippen LogP contribution in [0.3, 0.4) is 0 Å². The van der Waals surface area contributed by atoms with Gasteiger partial charge in [0, 0.05) is 12.8 Å². The van der Waals surface area contributed by atoms with E-state index in [-0.39, 0.29) is 19.3 Å². The van der Waals surface area contributed by atoms with Crippen molar-refractivity contribution >= 4 is 17.3 Å². The van der Waals surface area contributed by atoms with Crippen LogP contribution in [0.25, 0.3) is 0 Å². The van der Waals surface area contributed by atoms with E-state index in [0.717, 1.165) is 11.1 Å². The van der Waals surface area contributed by atoms with Gasteiger partial charge in [-0.3, -0.25) is 14.4 Å². The fourth-order valence-electron chi connectivity index (χ4n) is 2.69. The number of ketones is 3. The summed E-state index contributed by atoms with van der Waals surface area (Å²) in [5, 5.41) is 21.3. The Kier molecular flexibility index (Phi) is 6.43. The molecule has 0 amide bonds. The molecule has 5 heteroatoms. The summed E-state index contributed by atoms with van der Waals surface area (Å²) < 4.78 is 0. The first-order valence-electron chi connectivity index (χ1n) is 8.10. The van der Waals surface area contributed by atoms with Crippen LogP contribution in [-0.4, -0.2) is 33.2 Å². The fourth-order valence-corrected chi connectivity index (χ4v) is 2.69. The summed E-state index contributed by atoms with van der Waals surface area (Å²) >= 11 is 0. The zero-order valence-corrected chi connectivity index (χ0v) is 15.0. The topological polar surface area (TPSA) is 91.7 Å². The molecule has 0 aromatic heterocycles. The maximum absolute atomic E-state index is 12.6. The summed E-state index contributed by atoms with van der Waals surface area (Å²) in [6, 6.07) is 0. The lowest BCUT2D eigenvalue weighted by Gasteiger charge is -2.27. The lowest BCUT2D eigenvalue weighted by Crippen LogP contribution is -2.46. The van der Waals surface area contributed by atoms with Gasteiger partial charge < -0.3 is 10.2 Å². The second-order valence-electron chi connectivity index (χ2n) is 6.61. The van der Waals surface area contributed by atoms with E-state index in [0.29, 0.717) is 0 Å². The molecule has 1 aliphatic rings. The molecule has 0 aliphatic heterocycles. The highest BCUT2D eigenvalue weighted by atomic mass is 16.3. The van der Waals surface area contributed by atoms with Crippen LogP contribution in [0.1, 0.15) is 53.9 Å². The standard InChI is InChI=1S/C19H26O5/c1-6-14(20)16-17(22)13(9-7-11(2)3)19(24,18(16)23)15(21)10-8-12(4)5/h7-8,13,23-24H,6,9-10H2,1-5H3/t13-,19?/m1/s1. The monoisotopic (exact) mass is 334 g/mol. The van der Waals surface area contributed by atoms with E-state index in [2.05, 4.69) is 0 Å². The second kappa shape index (κ2) is 7.71. The van der Waals surface area contributed by atoms with Gasteiger partial charge in [-0.1, -0.05) is 30.2 Å². The highest BCUT2D eigenvalue weighted by Gasteiger charge is 2.58. The predicted molar refractivity (Wildman–Crippen MR) is 91.5 cm³/mol. The van der Waals surface area contributed by atoms with Crippen LogP contribution < -0.4 is 0 Å². The average Bonchev–Trinajstić information content (AvgIpc) is 2.70. The normalized spacial score (nSPS) is 23.2. The van der Waals surface area contributed by atoms with Gasteiger partial charge in [-0.2, -0.15) is 0 Å². The molecule has 132 valence electrons. The number of allylic oxidation sites excluding steroid dienone is 5. The summed E-state index contributed by atoms with van der Waals surface area (Å²) in [6.07, 6.45) is 3.32. The number of hydrogen-bond acceptors (Lipinski definition) is 5. The van der Waals surface area contributed by atoms with E-state index in [1.165, 1.54) is 0 Å². The smallest absolute Gasteiger partial charge is 0.191 e. The van der Waals surface area contributed by atoms with Gasteiger partial charge in [0.25, 0.3) is 0 Å². The molecule has 5 nitrogen and oxygen atoms in total. The molecular formula is C19H26O5. The molecular weight excluding hydrogens is 308 g/mol. The van der Waals surface area contributed by atoms with Crippen molar-refractivity contribution in [3.8, 4) is 0 Å². The summed E-state index contributed by atoms with van der Waals surface area (Å²) in [5.74, 6) is -3.87. The minimum absolute atomic E-state index is 0.0126. The molecule has 0 spiro atoms. The zero-order chi connectivity index (χ0) is 18.7. The zero-order valence-electron chi connectivity index (χ0n) is 15.0. The van der Waals surface area contributed by atoms with E-state index in [9.17, 15) is 24.6 Å². The molecule has 1 rings (SSSR count). The van der Waals surface area contributed by atoms with Gasteiger partial charge in [0.15, 0.2) is 23.0 Å². The lowest BCUT2D eigenvalue weighted by molar-refractivity contribution is -0.144. The molecule has 1 unspecified atom stereocenters. The first kappa shape index (κ1) is 20.0. The molecule has 0 aromatic rings. The van der Waals surface area contributed by atoms with Gasteiger partial charge in [-0.05, 0) is 34.1 Å². The summed E-state index contributed by atoms with van der Waals surface area (Å²) in [4.78, 5) is 37.2. The van der Waals surface area contributed by atoms with Gasteiger partial charge in [-0.25, -0.2) is 0 Å². The fraction of sp³-hybridized carbons (Fsp3) is 0.526. The van der Waals surface area contributed by atoms with Crippen LogP contribution >= 0.6 is 0 Å². The van der Waals surface area contributed by atoms with Crippen LogP contribution in [-0.2, 0) is 14.4 Å². The molecule has 0 radical (unpaired) electrons. The third-order valence-corrected chi connectivity index (χ3v) is 4.15. The molecule has 0 aromatic carbocycles. The molecule has 24 heavy (non-hydrogen) atoms. The maximum atomic E-state index is 12.6. The Balaban J connectivity index is 3.40.